The highest BCUT2D eigenvalue weighted by atomic mass is 32.2. The monoisotopic (exact) mass is 304 g/mol. The summed E-state index contributed by atoms with van der Waals surface area (Å²) < 4.78 is 29.4. The van der Waals surface area contributed by atoms with Gasteiger partial charge >= 0.3 is 11.7 Å². The van der Waals surface area contributed by atoms with E-state index in [1.807, 2.05) is 0 Å². The number of likely N-dealkylation sites (N-methyl/N-ethyl adjacent to an activating group) is 1. The number of nitro benzene ring substituents is 1. The van der Waals surface area contributed by atoms with Crippen molar-refractivity contribution >= 4 is 21.7 Å². The molecular weight excluding hydrogens is 292 g/mol. The number of rotatable bonds is 6. The quantitative estimate of drug-likeness (QED) is 0.591. The van der Waals surface area contributed by atoms with E-state index in [0.29, 0.717) is 4.31 Å². The van der Waals surface area contributed by atoms with Gasteiger partial charge in [0.2, 0.25) is 10.0 Å². The molecule has 9 nitrogen and oxygen atoms in total. The topological polar surface area (TPSA) is 127 Å². The molecule has 20 heavy (non-hydrogen) atoms. The highest BCUT2D eigenvalue weighted by molar-refractivity contribution is 7.89. The number of benzene rings is 1. The van der Waals surface area contributed by atoms with Crippen LogP contribution in [0, 0.1) is 10.1 Å². The SMILES string of the molecule is COc1ccc(S(=O)(=O)N(C)CC(=O)O)cc1[N+](=O)[O-]. The molecule has 0 saturated carbocycles. The van der Waals surface area contributed by atoms with Crippen molar-refractivity contribution in [1.29, 1.82) is 0 Å². The Morgan fingerprint density at radius 3 is 2.55 bits per heavy atom. The first-order chi connectivity index (χ1) is 9.20. The molecule has 110 valence electrons. The van der Waals surface area contributed by atoms with Crippen molar-refractivity contribution in [2.75, 3.05) is 20.7 Å². The number of carboxylic acid groups (broad SMARTS) is 1. The fraction of sp³-hybridized carbons (Fsp3) is 0.300. The van der Waals surface area contributed by atoms with Crippen LogP contribution in [0.2, 0.25) is 0 Å². The van der Waals surface area contributed by atoms with E-state index in [1.54, 1.807) is 0 Å². The molecule has 1 aromatic carbocycles. The second-order valence-corrected chi connectivity index (χ2v) is 5.79. The average Bonchev–Trinajstić information content (AvgIpc) is 2.36. The molecule has 0 spiro atoms. The van der Waals surface area contributed by atoms with E-state index >= 15 is 0 Å². The molecule has 0 heterocycles. The highest BCUT2D eigenvalue weighted by Gasteiger charge is 2.26. The molecule has 0 amide bonds. The average molecular weight is 304 g/mol. The van der Waals surface area contributed by atoms with Gasteiger partial charge in [-0.1, -0.05) is 0 Å². The lowest BCUT2D eigenvalue weighted by molar-refractivity contribution is -0.386. The molecule has 0 atom stereocenters. The summed E-state index contributed by atoms with van der Waals surface area (Å²) in [6.07, 6.45) is 0. The first-order valence-electron chi connectivity index (χ1n) is 5.20. The molecule has 0 unspecified atom stereocenters. The zero-order chi connectivity index (χ0) is 15.5. The number of sulfonamides is 1. The van der Waals surface area contributed by atoms with E-state index in [2.05, 4.69) is 0 Å². The summed E-state index contributed by atoms with van der Waals surface area (Å²) in [4.78, 5) is 20.2. The number of nitrogens with zero attached hydrogens (tertiary/aromatic N) is 2. The molecular formula is C10H12N2O7S. The number of ether oxygens (including phenoxy) is 1. The van der Waals surface area contributed by atoms with Crippen LogP contribution in [0.1, 0.15) is 0 Å². The Hall–Kier alpha value is -2.20. The molecule has 1 N–H and O–H groups in total. The molecule has 0 bridgehead atoms. The smallest absolute Gasteiger partial charge is 0.318 e. The van der Waals surface area contributed by atoms with E-state index < -0.39 is 33.1 Å². The van der Waals surface area contributed by atoms with Gasteiger partial charge in [0.05, 0.1) is 16.9 Å². The number of hydrogen-bond donors (Lipinski definition) is 1. The van der Waals surface area contributed by atoms with Crippen molar-refractivity contribution in [1.82, 2.24) is 4.31 Å². The third-order valence-corrected chi connectivity index (χ3v) is 4.21. The summed E-state index contributed by atoms with van der Waals surface area (Å²) >= 11 is 0. The standard InChI is InChI=1S/C10H12N2O7S/c1-11(6-10(13)14)20(17,18)7-3-4-9(19-2)8(5-7)12(15)16/h3-5H,6H2,1-2H3,(H,13,14). The van der Waals surface area contributed by atoms with Crippen LogP contribution in [-0.4, -0.2) is 49.4 Å². The van der Waals surface area contributed by atoms with Gasteiger partial charge in [-0.2, -0.15) is 4.31 Å². The van der Waals surface area contributed by atoms with Gasteiger partial charge in [0.15, 0.2) is 5.75 Å². The van der Waals surface area contributed by atoms with E-state index in [9.17, 15) is 23.3 Å². The molecule has 0 aromatic heterocycles. The predicted octanol–water partition coefficient (Wildman–Crippen LogP) is 0.308. The van der Waals surface area contributed by atoms with Crippen LogP contribution >= 0.6 is 0 Å². The lowest BCUT2D eigenvalue weighted by Crippen LogP contribution is -2.32. The predicted molar refractivity (Wildman–Crippen MR) is 67.1 cm³/mol. The second-order valence-electron chi connectivity index (χ2n) is 3.75. The lowest BCUT2D eigenvalue weighted by atomic mass is 10.3. The molecule has 1 rings (SSSR count). The molecule has 0 aliphatic heterocycles. The van der Waals surface area contributed by atoms with Crippen LogP contribution in [0.4, 0.5) is 5.69 Å². The molecule has 0 aliphatic rings. The minimum absolute atomic E-state index is 0.0881. The molecule has 0 radical (unpaired) electrons. The van der Waals surface area contributed by atoms with Gasteiger partial charge in [0.1, 0.15) is 6.54 Å². The molecule has 10 heteroatoms. The van der Waals surface area contributed by atoms with Crippen molar-refractivity contribution < 1.29 is 28.0 Å². The Morgan fingerprint density at radius 2 is 2.10 bits per heavy atom. The minimum atomic E-state index is -4.12. The summed E-state index contributed by atoms with van der Waals surface area (Å²) in [7, 11) is -1.84. The Kier molecular flexibility index (Phi) is 4.63. The lowest BCUT2D eigenvalue weighted by Gasteiger charge is -2.15. The maximum atomic E-state index is 12.0. The number of methoxy groups -OCH3 is 1. The molecule has 0 aliphatic carbocycles. The van der Waals surface area contributed by atoms with Gasteiger partial charge < -0.3 is 9.84 Å². The van der Waals surface area contributed by atoms with Gasteiger partial charge in [-0.15, -0.1) is 0 Å². The van der Waals surface area contributed by atoms with Gasteiger partial charge in [-0.05, 0) is 12.1 Å². The summed E-state index contributed by atoms with van der Waals surface area (Å²) in [5, 5.41) is 19.4. The van der Waals surface area contributed by atoms with Crippen molar-refractivity contribution in [2.45, 2.75) is 4.90 Å². The number of carboxylic acids is 1. The summed E-state index contributed by atoms with van der Waals surface area (Å²) in [6.45, 7) is -0.748. The second kappa shape index (κ2) is 5.84. The van der Waals surface area contributed by atoms with Crippen LogP contribution in [0.3, 0.4) is 0 Å². The van der Waals surface area contributed by atoms with Crippen molar-refractivity contribution in [2.24, 2.45) is 0 Å². The zero-order valence-corrected chi connectivity index (χ0v) is 11.5. The Bertz CT molecular complexity index is 641. The number of hydrogen-bond acceptors (Lipinski definition) is 6. The van der Waals surface area contributed by atoms with Gasteiger partial charge in [0, 0.05) is 13.1 Å². The van der Waals surface area contributed by atoms with Crippen molar-refractivity contribution in [3.63, 3.8) is 0 Å². The molecule has 0 fully saturated rings. The van der Waals surface area contributed by atoms with E-state index in [0.717, 1.165) is 25.2 Å². The fourth-order valence-corrected chi connectivity index (χ4v) is 2.57. The number of nitro groups is 1. The first-order valence-corrected chi connectivity index (χ1v) is 6.64. The summed E-state index contributed by atoms with van der Waals surface area (Å²) in [5.74, 6) is -1.42. The summed E-state index contributed by atoms with van der Waals surface area (Å²) in [5.41, 5.74) is -0.516. The molecule has 0 saturated heterocycles. The molecule has 1 aromatic rings. The maximum Gasteiger partial charge on any atom is 0.318 e. The third-order valence-electron chi connectivity index (χ3n) is 2.41. The van der Waals surface area contributed by atoms with Gasteiger partial charge in [0.25, 0.3) is 0 Å². The number of aliphatic carboxylic acids is 1. The number of carbonyl (C=O) groups is 1. The van der Waals surface area contributed by atoms with E-state index in [-0.39, 0.29) is 10.6 Å². The first kappa shape index (κ1) is 15.9. The zero-order valence-electron chi connectivity index (χ0n) is 10.6. The van der Waals surface area contributed by atoms with Crippen LogP contribution in [0.25, 0.3) is 0 Å². The van der Waals surface area contributed by atoms with Gasteiger partial charge in [-0.3, -0.25) is 14.9 Å². The Balaban J connectivity index is 3.29. The Morgan fingerprint density at radius 1 is 1.50 bits per heavy atom. The van der Waals surface area contributed by atoms with Crippen molar-refractivity contribution in [3.05, 3.63) is 28.3 Å². The van der Waals surface area contributed by atoms with Crippen molar-refractivity contribution in [3.8, 4) is 5.75 Å². The van der Waals surface area contributed by atoms with Crippen LogP contribution in [0.5, 0.6) is 5.75 Å². The van der Waals surface area contributed by atoms with Crippen LogP contribution in [-0.2, 0) is 14.8 Å². The summed E-state index contributed by atoms with van der Waals surface area (Å²) in [6, 6.07) is 3.08. The third kappa shape index (κ3) is 3.22. The normalized spacial score (nSPS) is 11.3. The van der Waals surface area contributed by atoms with Gasteiger partial charge in [-0.25, -0.2) is 8.42 Å². The Labute approximate surface area is 114 Å². The maximum absolute atomic E-state index is 12.0. The fourth-order valence-electron chi connectivity index (χ4n) is 1.43. The van der Waals surface area contributed by atoms with E-state index in [1.165, 1.54) is 7.11 Å². The largest absolute Gasteiger partial charge is 0.490 e. The highest BCUT2D eigenvalue weighted by Crippen LogP contribution is 2.30. The van der Waals surface area contributed by atoms with Crippen LogP contribution < -0.4 is 4.74 Å². The minimum Gasteiger partial charge on any atom is -0.490 e. The van der Waals surface area contributed by atoms with Crippen LogP contribution in [0.15, 0.2) is 23.1 Å². The van der Waals surface area contributed by atoms with E-state index in [4.69, 9.17) is 9.84 Å².